The maximum Gasteiger partial charge on any atom is 0.410 e. The molecule has 1 amide bonds. The van der Waals surface area contributed by atoms with Crippen molar-refractivity contribution in [3.63, 3.8) is 0 Å². The van der Waals surface area contributed by atoms with E-state index in [1.165, 1.54) is 18.2 Å². The molecule has 0 aliphatic carbocycles. The van der Waals surface area contributed by atoms with Crippen LogP contribution in [0.25, 0.3) is 6.08 Å². The van der Waals surface area contributed by atoms with Crippen LogP contribution in [0.1, 0.15) is 66.3 Å². The van der Waals surface area contributed by atoms with Gasteiger partial charge in [0.2, 0.25) is 0 Å². The summed E-state index contributed by atoms with van der Waals surface area (Å²) in [5.74, 6) is 0.122. The predicted octanol–water partition coefficient (Wildman–Crippen LogP) is 5.03. The highest BCUT2D eigenvalue weighted by molar-refractivity contribution is 6.11. The van der Waals surface area contributed by atoms with Crippen LogP contribution in [0.5, 0.6) is 17.2 Å². The molecule has 2 aromatic rings. The number of carbonyl (C=O) groups is 3. The molecule has 0 aromatic heterocycles. The molecule has 0 atom stereocenters. The Morgan fingerprint density at radius 1 is 1.11 bits per heavy atom. The molecule has 1 N–H and O–H groups in total. The molecule has 2 aromatic carbocycles. The molecule has 2 aliphatic rings. The number of amides is 1. The number of nitrogens with zero attached hydrogens (tertiary/aromatic N) is 1. The minimum atomic E-state index is -0.755. The van der Waals surface area contributed by atoms with E-state index in [1.54, 1.807) is 42.4 Å². The van der Waals surface area contributed by atoms with Crippen molar-refractivity contribution in [2.45, 2.75) is 51.2 Å². The fourth-order valence-electron chi connectivity index (χ4n) is 4.40. The van der Waals surface area contributed by atoms with Gasteiger partial charge >= 0.3 is 6.09 Å². The van der Waals surface area contributed by atoms with E-state index in [9.17, 15) is 19.5 Å². The quantitative estimate of drug-likeness (QED) is 0.471. The normalized spacial score (nSPS) is 17.0. The summed E-state index contributed by atoms with van der Waals surface area (Å²) in [5, 5.41) is 10.6. The molecule has 0 saturated carbocycles. The summed E-state index contributed by atoms with van der Waals surface area (Å²) in [6.45, 7) is 6.25. The van der Waals surface area contributed by atoms with Gasteiger partial charge in [-0.3, -0.25) is 9.59 Å². The lowest BCUT2D eigenvalue weighted by Crippen LogP contribution is -2.53. The molecule has 0 radical (unpaired) electrons. The number of ketones is 2. The Balaban J connectivity index is 1.47. The number of Topliss-reactive ketones (excluding diaryl/α,β-unsaturated/α-hetero) is 1. The summed E-state index contributed by atoms with van der Waals surface area (Å²) in [7, 11) is 1.58. The molecule has 8 nitrogen and oxygen atoms in total. The molecule has 1 spiro atoms. The van der Waals surface area contributed by atoms with E-state index in [-0.39, 0.29) is 40.9 Å². The van der Waals surface area contributed by atoms with Gasteiger partial charge in [0, 0.05) is 32.0 Å². The summed E-state index contributed by atoms with van der Waals surface area (Å²) >= 11 is 0. The fourth-order valence-corrected chi connectivity index (χ4v) is 4.40. The smallest absolute Gasteiger partial charge is 0.410 e. The minimum Gasteiger partial charge on any atom is -0.507 e. The molecular formula is C28H31NO7. The first-order valence-corrected chi connectivity index (χ1v) is 11.9. The average molecular weight is 494 g/mol. The van der Waals surface area contributed by atoms with Crippen molar-refractivity contribution in [1.29, 1.82) is 0 Å². The van der Waals surface area contributed by atoms with Crippen LogP contribution >= 0.6 is 0 Å². The van der Waals surface area contributed by atoms with Gasteiger partial charge in [0.1, 0.15) is 28.5 Å². The third-order valence-corrected chi connectivity index (χ3v) is 6.34. The molecule has 36 heavy (non-hydrogen) atoms. The number of ether oxygens (including phenoxy) is 3. The number of rotatable bonds is 4. The largest absolute Gasteiger partial charge is 0.507 e. The van der Waals surface area contributed by atoms with Crippen molar-refractivity contribution >= 4 is 23.7 Å². The van der Waals surface area contributed by atoms with Gasteiger partial charge in [0.25, 0.3) is 0 Å². The number of piperidine rings is 1. The molecular weight excluding hydrogens is 462 g/mol. The second-order valence-corrected chi connectivity index (χ2v) is 10.2. The van der Waals surface area contributed by atoms with Crippen molar-refractivity contribution in [2.75, 3.05) is 20.2 Å². The van der Waals surface area contributed by atoms with Crippen LogP contribution < -0.4 is 9.47 Å². The molecule has 190 valence electrons. The van der Waals surface area contributed by atoms with Crippen molar-refractivity contribution in [3.05, 3.63) is 59.2 Å². The summed E-state index contributed by atoms with van der Waals surface area (Å²) in [5.41, 5.74) is -0.241. The fraction of sp³-hybridized carbons (Fsp3) is 0.393. The number of benzene rings is 2. The van der Waals surface area contributed by atoms with Gasteiger partial charge in [0.15, 0.2) is 11.6 Å². The Morgan fingerprint density at radius 3 is 2.39 bits per heavy atom. The number of hydrogen-bond donors (Lipinski definition) is 1. The van der Waals surface area contributed by atoms with Gasteiger partial charge < -0.3 is 24.2 Å². The lowest BCUT2D eigenvalue weighted by atomic mass is 9.82. The van der Waals surface area contributed by atoms with Gasteiger partial charge in [-0.2, -0.15) is 0 Å². The molecule has 2 heterocycles. The van der Waals surface area contributed by atoms with E-state index in [4.69, 9.17) is 14.2 Å². The lowest BCUT2D eigenvalue weighted by molar-refractivity contribution is -0.0226. The SMILES string of the molecule is COc1ccc(/C=C/C(=O)c2cc3c(cc2O)OC2(CCN(C(=O)OC(C)(C)C)CC2)CC3=O)cc1. The predicted molar refractivity (Wildman–Crippen MR) is 134 cm³/mol. The second-order valence-electron chi connectivity index (χ2n) is 10.2. The summed E-state index contributed by atoms with van der Waals surface area (Å²) in [6, 6.07) is 9.91. The van der Waals surface area contributed by atoms with E-state index in [0.29, 0.717) is 31.7 Å². The molecule has 2 aliphatic heterocycles. The maximum absolute atomic E-state index is 13.1. The van der Waals surface area contributed by atoms with E-state index < -0.39 is 17.0 Å². The second kappa shape index (κ2) is 9.68. The number of methoxy groups -OCH3 is 1. The molecule has 1 saturated heterocycles. The van der Waals surface area contributed by atoms with Crippen LogP contribution in [0.4, 0.5) is 4.79 Å². The first-order chi connectivity index (χ1) is 17.0. The highest BCUT2D eigenvalue weighted by Gasteiger charge is 2.44. The van der Waals surface area contributed by atoms with Crippen molar-refractivity contribution < 1.29 is 33.7 Å². The molecule has 0 unspecified atom stereocenters. The zero-order valence-corrected chi connectivity index (χ0v) is 21.0. The van der Waals surface area contributed by atoms with Crippen LogP contribution in [0.15, 0.2) is 42.5 Å². The van der Waals surface area contributed by atoms with Gasteiger partial charge in [-0.1, -0.05) is 18.2 Å². The van der Waals surface area contributed by atoms with Crippen LogP contribution in [-0.2, 0) is 4.74 Å². The van der Waals surface area contributed by atoms with E-state index in [0.717, 1.165) is 5.56 Å². The third kappa shape index (κ3) is 5.53. The number of phenolic OH excluding ortho intramolecular Hbond substituents is 1. The Bertz CT molecular complexity index is 1200. The molecule has 1 fully saturated rings. The number of phenols is 1. The number of fused-ring (bicyclic) bond motifs is 1. The topological polar surface area (TPSA) is 102 Å². The molecule has 0 bridgehead atoms. The first kappa shape index (κ1) is 25.3. The summed E-state index contributed by atoms with van der Waals surface area (Å²) in [6.07, 6.45) is 3.66. The van der Waals surface area contributed by atoms with Crippen molar-refractivity contribution in [3.8, 4) is 17.2 Å². The highest BCUT2D eigenvalue weighted by atomic mass is 16.6. The van der Waals surface area contributed by atoms with Gasteiger partial charge in [-0.25, -0.2) is 4.79 Å². The third-order valence-electron chi connectivity index (χ3n) is 6.34. The zero-order valence-electron chi connectivity index (χ0n) is 21.0. The highest BCUT2D eigenvalue weighted by Crippen LogP contribution is 2.42. The number of allylic oxidation sites excluding steroid dienone is 1. The Labute approximate surface area is 210 Å². The number of aromatic hydroxyl groups is 1. The standard InChI is InChI=1S/C28H31NO7/c1-27(2,3)36-26(33)29-13-11-28(12-14-29)17-24(32)21-15-20(23(31)16-25(21)35-28)22(30)10-7-18-5-8-19(34-4)9-6-18/h5-10,15-16,31H,11-14,17H2,1-4H3/b10-7+. The summed E-state index contributed by atoms with van der Waals surface area (Å²) < 4.78 is 16.8. The van der Waals surface area contributed by atoms with Gasteiger partial charge in [0.05, 0.1) is 24.7 Å². The Hall–Kier alpha value is -3.81. The van der Waals surface area contributed by atoms with E-state index in [1.807, 2.05) is 20.8 Å². The van der Waals surface area contributed by atoms with Crippen LogP contribution in [0.2, 0.25) is 0 Å². The lowest BCUT2D eigenvalue weighted by Gasteiger charge is -2.44. The van der Waals surface area contributed by atoms with Gasteiger partial charge in [-0.05, 0) is 50.6 Å². The van der Waals surface area contributed by atoms with Gasteiger partial charge in [-0.15, -0.1) is 0 Å². The van der Waals surface area contributed by atoms with E-state index >= 15 is 0 Å². The zero-order chi connectivity index (χ0) is 26.1. The van der Waals surface area contributed by atoms with E-state index in [2.05, 4.69) is 0 Å². The summed E-state index contributed by atoms with van der Waals surface area (Å²) in [4.78, 5) is 39.9. The Morgan fingerprint density at radius 2 is 1.78 bits per heavy atom. The van der Waals surface area contributed by atoms with Crippen LogP contribution in [0, 0.1) is 0 Å². The first-order valence-electron chi connectivity index (χ1n) is 11.9. The Kier molecular flexibility index (Phi) is 6.80. The number of likely N-dealkylation sites (tertiary alicyclic amines) is 1. The number of carbonyl (C=O) groups excluding carboxylic acids is 3. The molecule has 4 rings (SSSR count). The van der Waals surface area contributed by atoms with Crippen molar-refractivity contribution in [1.82, 2.24) is 4.90 Å². The monoisotopic (exact) mass is 493 g/mol. The average Bonchev–Trinajstić information content (AvgIpc) is 2.81. The van der Waals surface area contributed by atoms with Crippen LogP contribution in [0.3, 0.4) is 0 Å². The van der Waals surface area contributed by atoms with Crippen molar-refractivity contribution in [2.24, 2.45) is 0 Å². The van der Waals surface area contributed by atoms with Crippen LogP contribution in [-0.4, -0.2) is 59.1 Å². The number of hydrogen-bond acceptors (Lipinski definition) is 7. The minimum absolute atomic E-state index is 0.0335. The molecule has 8 heteroatoms. The maximum atomic E-state index is 13.1.